The first-order valence-electron chi connectivity index (χ1n) is 5.59. The molecule has 0 bridgehead atoms. The Labute approximate surface area is 100 Å². The fourth-order valence-corrected chi connectivity index (χ4v) is 1.69. The van der Waals surface area contributed by atoms with Crippen LogP contribution in [0.1, 0.15) is 24.3 Å². The van der Waals surface area contributed by atoms with Crippen LogP contribution in [0.25, 0.3) is 0 Å². The molecule has 0 spiro atoms. The zero-order valence-corrected chi connectivity index (χ0v) is 10.00. The van der Waals surface area contributed by atoms with E-state index in [9.17, 15) is 5.11 Å². The number of ether oxygens (including phenoxy) is 1. The Balaban J connectivity index is 2.24. The van der Waals surface area contributed by atoms with Crippen LogP contribution in [0.2, 0.25) is 0 Å². The maximum atomic E-state index is 10.2. The molecule has 0 saturated carbocycles. The second-order valence-corrected chi connectivity index (χ2v) is 3.87. The highest BCUT2D eigenvalue weighted by molar-refractivity contribution is 5.33. The molecule has 90 valence electrons. The minimum Gasteiger partial charge on any atom is -0.494 e. The average molecular weight is 232 g/mol. The van der Waals surface area contributed by atoms with Crippen LogP contribution >= 0.6 is 0 Å². The van der Waals surface area contributed by atoms with E-state index < -0.39 is 6.10 Å². The SMILES string of the molecule is CCOc1cccc(C(O)c2cn(C)cn2)c1. The lowest BCUT2D eigenvalue weighted by Gasteiger charge is -2.10. The van der Waals surface area contributed by atoms with Gasteiger partial charge in [-0.05, 0) is 24.6 Å². The average Bonchev–Trinajstić information content (AvgIpc) is 2.76. The van der Waals surface area contributed by atoms with Crippen molar-refractivity contribution in [2.45, 2.75) is 13.0 Å². The van der Waals surface area contributed by atoms with Gasteiger partial charge in [-0.25, -0.2) is 4.98 Å². The van der Waals surface area contributed by atoms with Gasteiger partial charge in [-0.3, -0.25) is 0 Å². The number of hydrogen-bond acceptors (Lipinski definition) is 3. The van der Waals surface area contributed by atoms with Crippen molar-refractivity contribution in [2.24, 2.45) is 7.05 Å². The van der Waals surface area contributed by atoms with Crippen LogP contribution in [0.15, 0.2) is 36.8 Å². The fourth-order valence-electron chi connectivity index (χ4n) is 1.69. The largest absolute Gasteiger partial charge is 0.494 e. The van der Waals surface area contributed by atoms with Crippen LogP contribution in [-0.4, -0.2) is 21.3 Å². The van der Waals surface area contributed by atoms with Gasteiger partial charge in [0.05, 0.1) is 18.6 Å². The number of nitrogens with zero attached hydrogens (tertiary/aromatic N) is 2. The molecule has 0 aliphatic rings. The number of hydrogen-bond donors (Lipinski definition) is 1. The normalized spacial score (nSPS) is 12.4. The maximum Gasteiger partial charge on any atom is 0.123 e. The van der Waals surface area contributed by atoms with Gasteiger partial charge in [-0.2, -0.15) is 0 Å². The van der Waals surface area contributed by atoms with E-state index in [-0.39, 0.29) is 0 Å². The summed E-state index contributed by atoms with van der Waals surface area (Å²) in [6, 6.07) is 7.44. The van der Waals surface area contributed by atoms with Crippen molar-refractivity contribution in [3.05, 3.63) is 48.0 Å². The number of aromatic nitrogens is 2. The van der Waals surface area contributed by atoms with Gasteiger partial charge in [0.1, 0.15) is 11.9 Å². The first-order chi connectivity index (χ1) is 8.20. The van der Waals surface area contributed by atoms with Crippen molar-refractivity contribution in [1.82, 2.24) is 9.55 Å². The van der Waals surface area contributed by atoms with Crippen molar-refractivity contribution >= 4 is 0 Å². The first kappa shape index (κ1) is 11.7. The molecule has 0 aliphatic heterocycles. The van der Waals surface area contributed by atoms with Gasteiger partial charge in [0.2, 0.25) is 0 Å². The Kier molecular flexibility index (Phi) is 3.44. The molecule has 4 heteroatoms. The number of imidazole rings is 1. The molecule has 0 aliphatic carbocycles. The molecule has 1 aromatic heterocycles. The number of aryl methyl sites for hydroxylation is 1. The predicted octanol–water partition coefficient (Wildman–Crippen LogP) is 1.90. The zero-order chi connectivity index (χ0) is 12.3. The van der Waals surface area contributed by atoms with Gasteiger partial charge < -0.3 is 14.4 Å². The van der Waals surface area contributed by atoms with Crippen molar-refractivity contribution in [1.29, 1.82) is 0 Å². The van der Waals surface area contributed by atoms with E-state index in [0.29, 0.717) is 12.3 Å². The second kappa shape index (κ2) is 5.01. The number of aliphatic hydroxyl groups is 1. The zero-order valence-electron chi connectivity index (χ0n) is 10.00. The minimum atomic E-state index is -0.711. The minimum absolute atomic E-state index is 0.614. The topological polar surface area (TPSA) is 47.3 Å². The van der Waals surface area contributed by atoms with Crippen LogP contribution in [0.5, 0.6) is 5.75 Å². The van der Waals surface area contributed by atoms with Gasteiger partial charge >= 0.3 is 0 Å². The molecule has 0 saturated heterocycles. The molecule has 1 heterocycles. The van der Waals surface area contributed by atoms with Gasteiger partial charge in [-0.1, -0.05) is 12.1 Å². The highest BCUT2D eigenvalue weighted by Crippen LogP contribution is 2.23. The van der Waals surface area contributed by atoms with Gasteiger partial charge in [-0.15, -0.1) is 0 Å². The highest BCUT2D eigenvalue weighted by atomic mass is 16.5. The van der Waals surface area contributed by atoms with E-state index in [1.807, 2.05) is 42.8 Å². The molecule has 1 aromatic carbocycles. The molecular weight excluding hydrogens is 216 g/mol. The Bertz CT molecular complexity index is 494. The predicted molar refractivity (Wildman–Crippen MR) is 64.9 cm³/mol. The molecule has 0 amide bonds. The summed E-state index contributed by atoms with van der Waals surface area (Å²) < 4.78 is 7.21. The van der Waals surface area contributed by atoms with E-state index in [1.54, 1.807) is 12.5 Å². The van der Waals surface area contributed by atoms with E-state index >= 15 is 0 Å². The summed E-state index contributed by atoms with van der Waals surface area (Å²) in [5, 5.41) is 10.2. The highest BCUT2D eigenvalue weighted by Gasteiger charge is 2.13. The summed E-state index contributed by atoms with van der Waals surface area (Å²) >= 11 is 0. The molecule has 2 rings (SSSR count). The molecule has 0 fully saturated rings. The van der Waals surface area contributed by atoms with Crippen LogP contribution in [0.4, 0.5) is 0 Å². The lowest BCUT2D eigenvalue weighted by molar-refractivity contribution is 0.215. The first-order valence-corrected chi connectivity index (χ1v) is 5.59. The monoisotopic (exact) mass is 232 g/mol. The van der Waals surface area contributed by atoms with E-state index in [0.717, 1.165) is 11.3 Å². The molecular formula is C13H16N2O2. The molecule has 4 nitrogen and oxygen atoms in total. The van der Waals surface area contributed by atoms with E-state index in [4.69, 9.17) is 4.74 Å². The summed E-state index contributed by atoms with van der Waals surface area (Å²) in [4.78, 5) is 4.14. The van der Waals surface area contributed by atoms with Gasteiger partial charge in [0, 0.05) is 13.2 Å². The Morgan fingerprint density at radius 2 is 2.29 bits per heavy atom. The van der Waals surface area contributed by atoms with Crippen LogP contribution in [0.3, 0.4) is 0 Å². The number of rotatable bonds is 4. The fraction of sp³-hybridized carbons (Fsp3) is 0.308. The lowest BCUT2D eigenvalue weighted by atomic mass is 10.1. The molecule has 17 heavy (non-hydrogen) atoms. The Hall–Kier alpha value is -1.81. The van der Waals surface area contributed by atoms with Gasteiger partial charge in [0.25, 0.3) is 0 Å². The van der Waals surface area contributed by atoms with Crippen molar-refractivity contribution in [3.8, 4) is 5.75 Å². The number of aliphatic hydroxyl groups excluding tert-OH is 1. The van der Waals surface area contributed by atoms with Crippen LogP contribution in [-0.2, 0) is 7.05 Å². The quantitative estimate of drug-likeness (QED) is 0.875. The number of benzene rings is 1. The maximum absolute atomic E-state index is 10.2. The molecule has 2 aromatic rings. The van der Waals surface area contributed by atoms with E-state index in [1.165, 1.54) is 0 Å². The van der Waals surface area contributed by atoms with Crippen molar-refractivity contribution in [3.63, 3.8) is 0 Å². The van der Waals surface area contributed by atoms with Gasteiger partial charge in [0.15, 0.2) is 0 Å². The third-order valence-electron chi connectivity index (χ3n) is 2.49. The summed E-state index contributed by atoms with van der Waals surface area (Å²) in [6.07, 6.45) is 2.76. The standard InChI is InChI=1S/C13H16N2O2/c1-3-17-11-6-4-5-10(7-11)13(16)12-8-15(2)9-14-12/h4-9,13,16H,3H2,1-2H3. The van der Waals surface area contributed by atoms with Crippen molar-refractivity contribution < 1.29 is 9.84 Å². The molecule has 1 unspecified atom stereocenters. The summed E-state index contributed by atoms with van der Waals surface area (Å²) in [7, 11) is 1.87. The van der Waals surface area contributed by atoms with E-state index in [2.05, 4.69) is 4.98 Å². The third kappa shape index (κ3) is 2.65. The lowest BCUT2D eigenvalue weighted by Crippen LogP contribution is -2.01. The van der Waals surface area contributed by atoms with Crippen LogP contribution in [0, 0.1) is 0 Å². The molecule has 1 N–H and O–H groups in total. The Morgan fingerprint density at radius 3 is 2.94 bits per heavy atom. The summed E-state index contributed by atoms with van der Waals surface area (Å²) in [6.45, 7) is 2.55. The summed E-state index contributed by atoms with van der Waals surface area (Å²) in [5.41, 5.74) is 1.43. The third-order valence-corrected chi connectivity index (χ3v) is 2.49. The Morgan fingerprint density at radius 1 is 1.47 bits per heavy atom. The summed E-state index contributed by atoms with van der Waals surface area (Å²) in [5.74, 6) is 0.764. The molecule has 1 atom stereocenters. The molecule has 0 radical (unpaired) electrons. The second-order valence-electron chi connectivity index (χ2n) is 3.87. The van der Waals surface area contributed by atoms with Crippen LogP contribution < -0.4 is 4.74 Å². The van der Waals surface area contributed by atoms with Crippen molar-refractivity contribution in [2.75, 3.05) is 6.61 Å². The smallest absolute Gasteiger partial charge is 0.123 e.